The molecule has 12 unspecified atom stereocenters. The molecular formula is C19H36N2O15S. The lowest BCUT2D eigenvalue weighted by molar-refractivity contribution is -0.301. The van der Waals surface area contributed by atoms with E-state index in [-0.39, 0.29) is 6.42 Å². The Balaban J connectivity index is 0.000000371. The molecule has 0 aliphatic carbocycles. The van der Waals surface area contributed by atoms with Crippen LogP contribution in [0.2, 0.25) is 0 Å². The summed E-state index contributed by atoms with van der Waals surface area (Å²) < 4.78 is 14.9. The van der Waals surface area contributed by atoms with Crippen LogP contribution in [0, 0.1) is 0 Å². The van der Waals surface area contributed by atoms with Gasteiger partial charge in [-0.2, -0.15) is 0 Å². The zero-order chi connectivity index (χ0) is 28.9. The number of hydrogen-bond acceptors (Lipinski definition) is 16. The Morgan fingerprint density at radius 3 is 1.65 bits per heavy atom. The summed E-state index contributed by atoms with van der Waals surface area (Å²) in [6.07, 6.45) is -12.5. The Bertz CT molecular complexity index is 767. The van der Waals surface area contributed by atoms with Gasteiger partial charge in [-0.3, -0.25) is 0 Å². The number of aliphatic hydroxyl groups excluding tert-OH is 8. The van der Waals surface area contributed by atoms with Crippen LogP contribution in [-0.2, 0) is 23.8 Å². The number of aliphatic hydroxyl groups is 8. The van der Waals surface area contributed by atoms with Gasteiger partial charge in [-0.1, -0.05) is 0 Å². The van der Waals surface area contributed by atoms with Gasteiger partial charge in [-0.25, -0.2) is 9.59 Å². The van der Waals surface area contributed by atoms with Gasteiger partial charge in [0.15, 0.2) is 0 Å². The Labute approximate surface area is 216 Å². The van der Waals surface area contributed by atoms with E-state index in [2.05, 4.69) is 12.6 Å². The third-order valence-electron chi connectivity index (χ3n) is 6.09. The van der Waals surface area contributed by atoms with Crippen molar-refractivity contribution in [2.75, 3.05) is 20.3 Å². The summed E-state index contributed by atoms with van der Waals surface area (Å²) in [5.41, 5.74) is 11.2. The summed E-state index contributed by atoms with van der Waals surface area (Å²) >= 11 is 3.80. The maximum Gasteiger partial charge on any atom is 0.364 e. The Morgan fingerprint density at radius 2 is 1.30 bits per heavy atom. The summed E-state index contributed by atoms with van der Waals surface area (Å²) in [6.45, 7) is -1.52. The number of rotatable bonds is 9. The highest BCUT2D eigenvalue weighted by atomic mass is 32.1. The van der Waals surface area contributed by atoms with E-state index in [0.29, 0.717) is 0 Å². The quantitative estimate of drug-likeness (QED) is 0.116. The van der Waals surface area contributed by atoms with Crippen LogP contribution < -0.4 is 11.5 Å². The second-order valence-electron chi connectivity index (χ2n) is 8.70. The van der Waals surface area contributed by atoms with Gasteiger partial charge < -0.3 is 76.7 Å². The molecule has 2 rings (SSSR count). The van der Waals surface area contributed by atoms with Crippen molar-refractivity contribution < 1.29 is 74.9 Å². The van der Waals surface area contributed by atoms with E-state index in [1.165, 1.54) is 0 Å². The number of carboxylic acids is 2. The largest absolute Gasteiger partial charge is 0.478 e. The van der Waals surface area contributed by atoms with Gasteiger partial charge in [-0.15, -0.1) is 12.6 Å². The number of aliphatic carboxylic acids is 2. The standard InChI is InChI=1S/C10H19NO8.C9H17NO7S/c1-18-10(9(16)17)2-4(13)6(11)8(19-10)7(15)5(14)3-12;10-5-3(12)1-9(18,8(15)16)17-7(5)6(14)4(13)2-11/h4-8,12-15H,2-3,11H2,1H3,(H,16,17);3-7,11-14,18H,1-2,10H2,(H,15,16). The molecular weight excluding hydrogens is 528 g/mol. The van der Waals surface area contributed by atoms with Gasteiger partial charge in [0.1, 0.15) is 36.6 Å². The second-order valence-corrected chi connectivity index (χ2v) is 9.42. The molecule has 2 heterocycles. The minimum Gasteiger partial charge on any atom is -0.478 e. The number of carboxylic acid groups (broad SMARTS) is 2. The SMILES string of the molecule is COC1(C(=O)O)CC(O)C(N)C(C(O)C(O)CO)O1.NC1C(O)CC(S)(C(=O)O)OC1C(O)C(O)CO. The number of methoxy groups -OCH3 is 1. The number of thiol groups is 1. The molecule has 0 amide bonds. The molecule has 0 aromatic rings. The van der Waals surface area contributed by atoms with Gasteiger partial charge in [-0.05, 0) is 0 Å². The molecule has 0 bridgehead atoms. The minimum absolute atomic E-state index is 0.356. The van der Waals surface area contributed by atoms with Gasteiger partial charge >= 0.3 is 11.9 Å². The molecule has 2 saturated heterocycles. The highest BCUT2D eigenvalue weighted by Crippen LogP contribution is 2.34. The van der Waals surface area contributed by atoms with Crippen molar-refractivity contribution in [3.63, 3.8) is 0 Å². The average molecular weight is 565 g/mol. The number of ether oxygens (including phenoxy) is 3. The fourth-order valence-electron chi connectivity index (χ4n) is 3.71. The summed E-state index contributed by atoms with van der Waals surface area (Å²) in [6, 6.07) is -2.22. The van der Waals surface area contributed by atoms with Crippen LogP contribution >= 0.6 is 12.6 Å². The molecule has 218 valence electrons. The number of hydrogen-bond donors (Lipinski definition) is 13. The van der Waals surface area contributed by atoms with Crippen molar-refractivity contribution in [1.82, 2.24) is 0 Å². The Hall–Kier alpha value is -1.23. The first-order valence-electron chi connectivity index (χ1n) is 10.9. The molecule has 18 heteroatoms. The van der Waals surface area contributed by atoms with Crippen LogP contribution in [0.3, 0.4) is 0 Å². The van der Waals surface area contributed by atoms with Crippen molar-refractivity contribution in [1.29, 1.82) is 0 Å². The van der Waals surface area contributed by atoms with E-state index in [9.17, 15) is 40.2 Å². The van der Waals surface area contributed by atoms with Gasteiger partial charge in [0, 0.05) is 20.0 Å². The summed E-state index contributed by atoms with van der Waals surface area (Å²) in [5.74, 6) is -5.08. The van der Waals surface area contributed by atoms with Crippen LogP contribution in [0.25, 0.3) is 0 Å². The van der Waals surface area contributed by atoms with Gasteiger partial charge in [0.25, 0.3) is 5.79 Å². The van der Waals surface area contributed by atoms with Crippen LogP contribution in [0.1, 0.15) is 12.8 Å². The fraction of sp³-hybridized carbons (Fsp3) is 0.895. The fourth-order valence-corrected chi connectivity index (χ4v) is 4.02. The third kappa shape index (κ3) is 7.67. The van der Waals surface area contributed by atoms with Crippen molar-refractivity contribution in [3.8, 4) is 0 Å². The van der Waals surface area contributed by atoms with Crippen molar-refractivity contribution in [2.24, 2.45) is 11.5 Å². The van der Waals surface area contributed by atoms with Crippen molar-refractivity contribution in [2.45, 2.75) is 84.5 Å². The summed E-state index contributed by atoms with van der Waals surface area (Å²) in [5, 5.41) is 93.1. The van der Waals surface area contributed by atoms with Crippen LogP contribution in [0.15, 0.2) is 0 Å². The number of nitrogens with two attached hydrogens (primary N) is 2. The first kappa shape index (κ1) is 33.8. The van der Waals surface area contributed by atoms with Crippen LogP contribution in [0.5, 0.6) is 0 Å². The van der Waals surface area contributed by atoms with Crippen LogP contribution in [-0.4, -0.2) is 155 Å². The molecule has 17 nitrogen and oxygen atoms in total. The number of carbonyl (C=O) groups is 2. The molecule has 12 atom stereocenters. The smallest absolute Gasteiger partial charge is 0.364 e. The maximum absolute atomic E-state index is 11.2. The monoisotopic (exact) mass is 564 g/mol. The van der Waals surface area contributed by atoms with E-state index in [0.717, 1.165) is 7.11 Å². The summed E-state index contributed by atoms with van der Waals surface area (Å²) in [4.78, 5) is 20.2. The molecule has 14 N–H and O–H groups in total. The average Bonchev–Trinajstić information content (AvgIpc) is 2.86. The second kappa shape index (κ2) is 13.7. The Morgan fingerprint density at radius 1 is 0.892 bits per heavy atom. The molecule has 2 fully saturated rings. The van der Waals surface area contributed by atoms with Gasteiger partial charge in [0.2, 0.25) is 4.93 Å². The van der Waals surface area contributed by atoms with E-state index in [1.54, 1.807) is 0 Å². The lowest BCUT2D eigenvalue weighted by Gasteiger charge is -2.44. The highest BCUT2D eigenvalue weighted by molar-refractivity contribution is 7.82. The lowest BCUT2D eigenvalue weighted by atomic mass is 9.89. The molecule has 37 heavy (non-hydrogen) atoms. The first-order chi connectivity index (χ1) is 17.0. The van der Waals surface area contributed by atoms with Crippen molar-refractivity contribution in [3.05, 3.63) is 0 Å². The lowest BCUT2D eigenvalue weighted by Crippen LogP contribution is -2.66. The predicted octanol–water partition coefficient (Wildman–Crippen LogP) is -6.51. The third-order valence-corrected chi connectivity index (χ3v) is 6.57. The normalized spacial score (nSPS) is 39.5. The highest BCUT2D eigenvalue weighted by Gasteiger charge is 2.54. The predicted molar refractivity (Wildman–Crippen MR) is 122 cm³/mol. The van der Waals surface area contributed by atoms with E-state index in [1.807, 2.05) is 0 Å². The molecule has 0 aromatic carbocycles. The molecule has 0 radical (unpaired) electrons. The zero-order valence-corrected chi connectivity index (χ0v) is 20.6. The molecule has 0 saturated carbocycles. The topological polar surface area (TPSA) is 316 Å². The molecule has 2 aliphatic rings. The maximum atomic E-state index is 11.2. The van der Waals surface area contributed by atoms with Gasteiger partial charge in [0.05, 0.1) is 37.5 Å². The zero-order valence-electron chi connectivity index (χ0n) is 19.7. The molecule has 0 aromatic heterocycles. The minimum atomic E-state index is -2.16. The van der Waals surface area contributed by atoms with Crippen molar-refractivity contribution >= 4 is 24.6 Å². The molecule has 2 aliphatic heterocycles. The molecule has 0 spiro atoms. The van der Waals surface area contributed by atoms with E-state index < -0.39 is 103 Å². The summed E-state index contributed by atoms with van der Waals surface area (Å²) in [7, 11) is 1.07. The van der Waals surface area contributed by atoms with Crippen LogP contribution in [0.4, 0.5) is 0 Å². The first-order valence-corrected chi connectivity index (χ1v) is 11.4. The van der Waals surface area contributed by atoms with E-state index in [4.69, 9.17) is 46.1 Å². The van der Waals surface area contributed by atoms with E-state index >= 15 is 0 Å². The Kier molecular flexibility index (Phi) is 12.5.